The molecule has 1 aliphatic heterocycles. The fourth-order valence-electron chi connectivity index (χ4n) is 1.34. The van der Waals surface area contributed by atoms with E-state index < -0.39 is 0 Å². The molecular weight excluding hydrogens is 178 g/mol. The number of carbonyl (C=O) groups is 1. The van der Waals surface area contributed by atoms with Crippen LogP contribution in [0.25, 0.3) is 0 Å². The highest BCUT2D eigenvalue weighted by Gasteiger charge is 2.24. The fraction of sp³-hybridized carbons (Fsp3) is 0.300. The molecule has 72 valence electrons. The van der Waals surface area contributed by atoms with Gasteiger partial charge in [0, 0.05) is 11.9 Å². The van der Waals surface area contributed by atoms with E-state index in [1.165, 1.54) is 5.01 Å². The molecule has 2 rings (SSSR count). The second kappa shape index (κ2) is 3.57. The molecule has 0 N–H and O–H groups in total. The van der Waals surface area contributed by atoms with E-state index in [1.807, 2.05) is 19.1 Å². The van der Waals surface area contributed by atoms with Crippen molar-refractivity contribution < 1.29 is 4.79 Å². The van der Waals surface area contributed by atoms with Crippen molar-refractivity contribution in [1.29, 1.82) is 0 Å². The average Bonchev–Trinajstić information content (AvgIpc) is 2.61. The molecule has 0 atom stereocenters. The minimum Gasteiger partial charge on any atom is -0.272 e. The van der Waals surface area contributed by atoms with Gasteiger partial charge < -0.3 is 0 Å². The Labute approximate surface area is 82.3 Å². The fourth-order valence-corrected chi connectivity index (χ4v) is 1.34. The molecule has 0 fully saturated rings. The lowest BCUT2D eigenvalue weighted by atomic mass is 10.2. The van der Waals surface area contributed by atoms with Crippen molar-refractivity contribution in [3.8, 4) is 0 Å². The maximum atomic E-state index is 11.5. The molecule has 0 saturated heterocycles. The largest absolute Gasteiger partial charge is 0.272 e. The maximum Gasteiger partial charge on any atom is 0.254 e. The van der Waals surface area contributed by atoms with Gasteiger partial charge in [0.1, 0.15) is 0 Å². The summed E-state index contributed by atoms with van der Waals surface area (Å²) < 4.78 is 0. The molecule has 4 nitrogen and oxygen atoms in total. The standard InChI is InChI=1S/C10H11N3O/c1-2-8-7-10(14)13(12-8)9-5-3-4-6-11-9/h3-6H,2,7H2,1H3. The van der Waals surface area contributed by atoms with E-state index in [9.17, 15) is 4.79 Å². The lowest BCUT2D eigenvalue weighted by Crippen LogP contribution is -2.20. The monoisotopic (exact) mass is 189 g/mol. The average molecular weight is 189 g/mol. The van der Waals surface area contributed by atoms with Gasteiger partial charge in [-0.3, -0.25) is 4.79 Å². The molecule has 0 spiro atoms. The summed E-state index contributed by atoms with van der Waals surface area (Å²) in [5.74, 6) is 0.599. The predicted octanol–water partition coefficient (Wildman–Crippen LogP) is 1.58. The zero-order chi connectivity index (χ0) is 9.97. The van der Waals surface area contributed by atoms with Crippen LogP contribution in [0.4, 0.5) is 5.82 Å². The Morgan fingerprint density at radius 2 is 2.36 bits per heavy atom. The predicted molar refractivity (Wildman–Crippen MR) is 54.1 cm³/mol. The van der Waals surface area contributed by atoms with Gasteiger partial charge in [-0.2, -0.15) is 10.1 Å². The summed E-state index contributed by atoms with van der Waals surface area (Å²) in [7, 11) is 0. The molecule has 0 aromatic carbocycles. The highest BCUT2D eigenvalue weighted by atomic mass is 16.2. The van der Waals surface area contributed by atoms with Crippen LogP contribution in [0.3, 0.4) is 0 Å². The van der Waals surface area contributed by atoms with Crippen LogP contribution in [0.1, 0.15) is 19.8 Å². The summed E-state index contributed by atoms with van der Waals surface area (Å²) in [5.41, 5.74) is 0.917. The number of amides is 1. The number of pyridine rings is 1. The molecule has 0 bridgehead atoms. The third-order valence-electron chi connectivity index (χ3n) is 2.11. The SMILES string of the molecule is CCC1=NN(c2ccccn2)C(=O)C1. The Hall–Kier alpha value is -1.71. The van der Waals surface area contributed by atoms with E-state index in [0.29, 0.717) is 12.2 Å². The van der Waals surface area contributed by atoms with Gasteiger partial charge in [0.15, 0.2) is 5.82 Å². The van der Waals surface area contributed by atoms with E-state index in [-0.39, 0.29) is 5.91 Å². The van der Waals surface area contributed by atoms with Crippen LogP contribution in [-0.2, 0) is 4.79 Å². The molecule has 1 aliphatic rings. The number of anilines is 1. The van der Waals surface area contributed by atoms with Crippen molar-refractivity contribution in [1.82, 2.24) is 4.98 Å². The van der Waals surface area contributed by atoms with Gasteiger partial charge in [0.2, 0.25) is 0 Å². The molecule has 0 aliphatic carbocycles. The highest BCUT2D eigenvalue weighted by Crippen LogP contribution is 2.17. The number of rotatable bonds is 2. The molecule has 1 amide bonds. The van der Waals surface area contributed by atoms with Crippen LogP contribution < -0.4 is 5.01 Å². The molecule has 1 aromatic heterocycles. The Morgan fingerprint density at radius 3 is 2.93 bits per heavy atom. The first-order valence-electron chi connectivity index (χ1n) is 4.61. The van der Waals surface area contributed by atoms with Crippen molar-refractivity contribution in [2.75, 3.05) is 5.01 Å². The van der Waals surface area contributed by atoms with E-state index in [2.05, 4.69) is 10.1 Å². The summed E-state index contributed by atoms with van der Waals surface area (Å²) in [6.45, 7) is 1.99. The van der Waals surface area contributed by atoms with Crippen molar-refractivity contribution >= 4 is 17.4 Å². The number of hydrazone groups is 1. The van der Waals surface area contributed by atoms with Gasteiger partial charge in [0.05, 0.1) is 6.42 Å². The normalized spacial score (nSPS) is 15.9. The molecule has 1 aromatic rings. The second-order valence-corrected chi connectivity index (χ2v) is 3.09. The molecule has 4 heteroatoms. The first kappa shape index (κ1) is 8.87. The smallest absolute Gasteiger partial charge is 0.254 e. The van der Waals surface area contributed by atoms with E-state index in [0.717, 1.165) is 12.1 Å². The van der Waals surface area contributed by atoms with Crippen molar-refractivity contribution in [2.45, 2.75) is 19.8 Å². The van der Waals surface area contributed by atoms with Gasteiger partial charge >= 0.3 is 0 Å². The first-order chi connectivity index (χ1) is 6.81. The Bertz CT molecular complexity index is 372. The van der Waals surface area contributed by atoms with E-state index in [1.54, 1.807) is 12.3 Å². The van der Waals surface area contributed by atoms with Crippen molar-refractivity contribution in [2.24, 2.45) is 5.10 Å². The van der Waals surface area contributed by atoms with Crippen LogP contribution in [-0.4, -0.2) is 16.6 Å². The summed E-state index contributed by atoms with van der Waals surface area (Å²) >= 11 is 0. The molecule has 14 heavy (non-hydrogen) atoms. The number of aromatic nitrogens is 1. The minimum absolute atomic E-state index is 0.000509. The van der Waals surface area contributed by atoms with Crippen LogP contribution in [0, 0.1) is 0 Å². The second-order valence-electron chi connectivity index (χ2n) is 3.09. The third-order valence-corrected chi connectivity index (χ3v) is 2.11. The number of nitrogens with zero attached hydrogens (tertiary/aromatic N) is 3. The minimum atomic E-state index is 0.000509. The number of carbonyl (C=O) groups excluding carboxylic acids is 1. The summed E-state index contributed by atoms with van der Waals surface area (Å²) in [4.78, 5) is 15.6. The zero-order valence-electron chi connectivity index (χ0n) is 7.97. The number of hydrogen-bond acceptors (Lipinski definition) is 3. The zero-order valence-corrected chi connectivity index (χ0v) is 7.97. The van der Waals surface area contributed by atoms with Crippen molar-refractivity contribution in [3.63, 3.8) is 0 Å². The molecular formula is C10H11N3O. The van der Waals surface area contributed by atoms with Crippen LogP contribution in [0.2, 0.25) is 0 Å². The summed E-state index contributed by atoms with van der Waals surface area (Å²) in [6.07, 6.45) is 2.89. The van der Waals surface area contributed by atoms with E-state index >= 15 is 0 Å². The van der Waals surface area contributed by atoms with Gasteiger partial charge in [-0.1, -0.05) is 13.0 Å². The van der Waals surface area contributed by atoms with Gasteiger partial charge in [-0.15, -0.1) is 0 Å². The topological polar surface area (TPSA) is 45.6 Å². The number of hydrogen-bond donors (Lipinski definition) is 0. The van der Waals surface area contributed by atoms with Crippen LogP contribution in [0.15, 0.2) is 29.5 Å². The Kier molecular flexibility index (Phi) is 2.26. The third kappa shape index (κ3) is 1.51. The quantitative estimate of drug-likeness (QED) is 0.709. The Morgan fingerprint density at radius 1 is 1.50 bits per heavy atom. The highest BCUT2D eigenvalue weighted by molar-refractivity contribution is 6.12. The van der Waals surface area contributed by atoms with Gasteiger partial charge in [0.25, 0.3) is 5.91 Å². The lowest BCUT2D eigenvalue weighted by molar-refractivity contribution is -0.116. The maximum absolute atomic E-state index is 11.5. The van der Waals surface area contributed by atoms with E-state index in [4.69, 9.17) is 0 Å². The van der Waals surface area contributed by atoms with Gasteiger partial charge in [-0.25, -0.2) is 4.98 Å². The molecule has 2 heterocycles. The molecule has 0 unspecified atom stereocenters. The Balaban J connectivity index is 2.28. The van der Waals surface area contributed by atoms with Crippen LogP contribution in [0.5, 0.6) is 0 Å². The van der Waals surface area contributed by atoms with Crippen LogP contribution >= 0.6 is 0 Å². The first-order valence-corrected chi connectivity index (χ1v) is 4.61. The lowest BCUT2D eigenvalue weighted by Gasteiger charge is -2.08. The van der Waals surface area contributed by atoms with Crippen molar-refractivity contribution in [3.05, 3.63) is 24.4 Å². The molecule has 0 radical (unpaired) electrons. The molecule has 0 saturated carbocycles. The summed E-state index contributed by atoms with van der Waals surface area (Å²) in [6, 6.07) is 5.43. The van der Waals surface area contributed by atoms with Gasteiger partial charge in [-0.05, 0) is 18.6 Å². The summed E-state index contributed by atoms with van der Waals surface area (Å²) in [5, 5.41) is 5.57.